The van der Waals surface area contributed by atoms with Crippen LogP contribution in [0.1, 0.15) is 0 Å². The summed E-state index contributed by atoms with van der Waals surface area (Å²) in [7, 11) is 1.40. The summed E-state index contributed by atoms with van der Waals surface area (Å²) in [5.74, 6) is -0.0998. The number of hydrogen-bond acceptors (Lipinski definition) is 4. The lowest BCUT2D eigenvalue weighted by Gasteiger charge is -2.27. The van der Waals surface area contributed by atoms with E-state index in [1.807, 2.05) is 0 Å². The van der Waals surface area contributed by atoms with E-state index in [1.54, 1.807) is 4.90 Å². The Morgan fingerprint density at radius 2 is 2.00 bits per heavy atom. The summed E-state index contributed by atoms with van der Waals surface area (Å²) in [6, 6.07) is 1.28. The minimum Gasteiger partial charge on any atom is -0.339 e. The minimum atomic E-state index is -0.467. The van der Waals surface area contributed by atoms with E-state index in [1.165, 1.54) is 23.9 Å². The number of amides is 1. The Morgan fingerprint density at radius 3 is 2.67 bits per heavy atom. The molecule has 2 heterocycles. The molecule has 98 valence electrons. The number of rotatable bonds is 2. The molecule has 1 amide bonds. The standard InChI is InChI=1S/C11H16N4O3/c1-13-9(16)2-5-15(11(13)18)8-10(17)14-6-3-12-4-7-14/h2,5,12H,3-4,6-8H2,1H3. The van der Waals surface area contributed by atoms with E-state index in [-0.39, 0.29) is 18.0 Å². The fraction of sp³-hybridized carbons (Fsp3) is 0.545. The Balaban J connectivity index is 2.14. The van der Waals surface area contributed by atoms with E-state index in [0.717, 1.165) is 17.7 Å². The molecule has 0 saturated carbocycles. The maximum absolute atomic E-state index is 12.0. The lowest BCUT2D eigenvalue weighted by atomic mass is 10.3. The van der Waals surface area contributed by atoms with E-state index in [2.05, 4.69) is 5.32 Å². The van der Waals surface area contributed by atoms with Gasteiger partial charge in [0.25, 0.3) is 5.56 Å². The van der Waals surface area contributed by atoms with Gasteiger partial charge in [-0.25, -0.2) is 4.79 Å². The van der Waals surface area contributed by atoms with Crippen LogP contribution in [0.4, 0.5) is 0 Å². The molecular formula is C11H16N4O3. The lowest BCUT2D eigenvalue weighted by Crippen LogP contribution is -2.48. The molecule has 7 nitrogen and oxygen atoms in total. The number of aromatic nitrogens is 2. The molecule has 0 atom stereocenters. The maximum atomic E-state index is 12.0. The van der Waals surface area contributed by atoms with Crippen LogP contribution in [0, 0.1) is 0 Å². The second-order valence-electron chi connectivity index (χ2n) is 4.25. The minimum absolute atomic E-state index is 0.0209. The zero-order chi connectivity index (χ0) is 13.1. The van der Waals surface area contributed by atoms with Gasteiger partial charge in [0.15, 0.2) is 0 Å². The Morgan fingerprint density at radius 1 is 1.33 bits per heavy atom. The fourth-order valence-electron chi connectivity index (χ4n) is 1.90. The van der Waals surface area contributed by atoms with Crippen LogP contribution < -0.4 is 16.6 Å². The zero-order valence-corrected chi connectivity index (χ0v) is 10.3. The molecule has 1 aliphatic heterocycles. The molecule has 1 aromatic heterocycles. The smallest absolute Gasteiger partial charge is 0.331 e. The first-order valence-corrected chi connectivity index (χ1v) is 5.84. The molecule has 0 spiro atoms. The second kappa shape index (κ2) is 5.18. The van der Waals surface area contributed by atoms with Crippen LogP contribution in [0.25, 0.3) is 0 Å². The van der Waals surface area contributed by atoms with Gasteiger partial charge in [0.1, 0.15) is 6.54 Å². The first-order valence-electron chi connectivity index (χ1n) is 5.84. The van der Waals surface area contributed by atoms with Gasteiger partial charge in [-0.3, -0.25) is 18.7 Å². The van der Waals surface area contributed by atoms with Crippen molar-refractivity contribution in [3.8, 4) is 0 Å². The second-order valence-corrected chi connectivity index (χ2v) is 4.25. The summed E-state index contributed by atoms with van der Waals surface area (Å²) in [4.78, 5) is 36.7. The molecule has 1 fully saturated rings. The third-order valence-electron chi connectivity index (χ3n) is 3.04. The predicted molar refractivity (Wildman–Crippen MR) is 65.4 cm³/mol. The van der Waals surface area contributed by atoms with Gasteiger partial charge in [0, 0.05) is 45.5 Å². The molecular weight excluding hydrogens is 236 g/mol. The number of carbonyl (C=O) groups is 1. The average molecular weight is 252 g/mol. The zero-order valence-electron chi connectivity index (χ0n) is 10.3. The van der Waals surface area contributed by atoms with Gasteiger partial charge in [-0.15, -0.1) is 0 Å². The summed E-state index contributed by atoms with van der Waals surface area (Å²) >= 11 is 0. The molecule has 0 aromatic carbocycles. The Bertz CT molecular complexity index is 554. The van der Waals surface area contributed by atoms with E-state index in [9.17, 15) is 14.4 Å². The number of nitrogens with one attached hydrogen (secondary N) is 1. The highest BCUT2D eigenvalue weighted by molar-refractivity contribution is 5.76. The Hall–Kier alpha value is -1.89. The molecule has 1 saturated heterocycles. The molecule has 7 heteroatoms. The summed E-state index contributed by atoms with van der Waals surface area (Å²) < 4.78 is 2.25. The van der Waals surface area contributed by atoms with Crippen molar-refractivity contribution in [1.82, 2.24) is 19.4 Å². The van der Waals surface area contributed by atoms with Crippen molar-refractivity contribution < 1.29 is 4.79 Å². The van der Waals surface area contributed by atoms with E-state index in [4.69, 9.17) is 0 Å². The normalized spacial score (nSPS) is 15.7. The number of carbonyl (C=O) groups excluding carboxylic acids is 1. The SMILES string of the molecule is Cn1c(=O)ccn(CC(=O)N2CCNCC2)c1=O. The predicted octanol–water partition coefficient (Wildman–Crippen LogP) is -2.02. The molecule has 0 radical (unpaired) electrons. The highest BCUT2D eigenvalue weighted by Crippen LogP contribution is 1.95. The van der Waals surface area contributed by atoms with Gasteiger partial charge in [-0.2, -0.15) is 0 Å². The number of piperazine rings is 1. The van der Waals surface area contributed by atoms with Crippen molar-refractivity contribution in [1.29, 1.82) is 0 Å². The van der Waals surface area contributed by atoms with E-state index >= 15 is 0 Å². The van der Waals surface area contributed by atoms with E-state index < -0.39 is 5.69 Å². The molecule has 18 heavy (non-hydrogen) atoms. The maximum Gasteiger partial charge on any atom is 0.331 e. The van der Waals surface area contributed by atoms with Crippen molar-refractivity contribution in [2.24, 2.45) is 7.05 Å². The van der Waals surface area contributed by atoms with Crippen LogP contribution in [0.15, 0.2) is 21.9 Å². The van der Waals surface area contributed by atoms with Gasteiger partial charge >= 0.3 is 5.69 Å². The topological polar surface area (TPSA) is 76.3 Å². The van der Waals surface area contributed by atoms with Gasteiger partial charge < -0.3 is 10.2 Å². The van der Waals surface area contributed by atoms with Crippen LogP contribution in [-0.2, 0) is 18.4 Å². The van der Waals surface area contributed by atoms with Crippen molar-refractivity contribution in [3.63, 3.8) is 0 Å². The van der Waals surface area contributed by atoms with Crippen LogP contribution in [0.3, 0.4) is 0 Å². The van der Waals surface area contributed by atoms with E-state index in [0.29, 0.717) is 13.1 Å². The van der Waals surface area contributed by atoms with Crippen molar-refractivity contribution in [3.05, 3.63) is 33.1 Å². The molecule has 1 N–H and O–H groups in total. The first kappa shape index (κ1) is 12.6. The van der Waals surface area contributed by atoms with Crippen molar-refractivity contribution in [2.45, 2.75) is 6.54 Å². The average Bonchev–Trinajstić information content (AvgIpc) is 2.40. The van der Waals surface area contributed by atoms with Crippen molar-refractivity contribution >= 4 is 5.91 Å². The summed E-state index contributed by atoms with van der Waals surface area (Å²) in [5.41, 5.74) is -0.836. The number of nitrogens with zero attached hydrogens (tertiary/aromatic N) is 3. The molecule has 1 aromatic rings. The monoisotopic (exact) mass is 252 g/mol. The van der Waals surface area contributed by atoms with Gasteiger partial charge in [-0.1, -0.05) is 0 Å². The molecule has 0 unspecified atom stereocenters. The highest BCUT2D eigenvalue weighted by atomic mass is 16.2. The Labute approximate surface area is 104 Å². The lowest BCUT2D eigenvalue weighted by molar-refractivity contribution is -0.132. The summed E-state index contributed by atoms with van der Waals surface area (Å²) in [6.07, 6.45) is 1.37. The molecule has 1 aliphatic rings. The van der Waals surface area contributed by atoms with Crippen LogP contribution in [-0.4, -0.2) is 46.1 Å². The molecule has 0 bridgehead atoms. The van der Waals surface area contributed by atoms with Gasteiger partial charge in [0.2, 0.25) is 5.91 Å². The third-order valence-corrected chi connectivity index (χ3v) is 3.04. The highest BCUT2D eigenvalue weighted by Gasteiger charge is 2.17. The third kappa shape index (κ3) is 2.51. The quantitative estimate of drug-likeness (QED) is 0.659. The summed E-state index contributed by atoms with van der Waals surface area (Å²) in [5, 5.41) is 3.15. The fourth-order valence-corrected chi connectivity index (χ4v) is 1.90. The van der Waals surface area contributed by atoms with Gasteiger partial charge in [0.05, 0.1) is 0 Å². The van der Waals surface area contributed by atoms with Crippen LogP contribution >= 0.6 is 0 Å². The first-order chi connectivity index (χ1) is 8.59. The number of hydrogen-bond donors (Lipinski definition) is 1. The molecule has 2 rings (SSSR count). The Kier molecular flexibility index (Phi) is 3.61. The van der Waals surface area contributed by atoms with Crippen LogP contribution in [0.5, 0.6) is 0 Å². The summed E-state index contributed by atoms with van der Waals surface area (Å²) in [6.45, 7) is 2.83. The van der Waals surface area contributed by atoms with Crippen LogP contribution in [0.2, 0.25) is 0 Å². The van der Waals surface area contributed by atoms with Crippen molar-refractivity contribution in [2.75, 3.05) is 26.2 Å². The molecule has 0 aliphatic carbocycles. The largest absolute Gasteiger partial charge is 0.339 e. The van der Waals surface area contributed by atoms with Gasteiger partial charge in [-0.05, 0) is 0 Å².